The number of amides is 2. The molecule has 0 spiro atoms. The van der Waals surface area contributed by atoms with Gasteiger partial charge in [0, 0.05) is 53.9 Å². The summed E-state index contributed by atoms with van der Waals surface area (Å²) in [4.78, 5) is 43.9. The summed E-state index contributed by atoms with van der Waals surface area (Å²) >= 11 is 7.63. The number of hydrogen-bond donors (Lipinski definition) is 2. The minimum Gasteiger partial charge on any atom is -0.491 e. The molecule has 0 atom stereocenters. The number of hydrogen-bond acceptors (Lipinski definition) is 7. The second-order valence-corrected chi connectivity index (χ2v) is 11.2. The summed E-state index contributed by atoms with van der Waals surface area (Å²) in [5.74, 6) is 0.0441. The van der Waals surface area contributed by atoms with Crippen LogP contribution in [0.1, 0.15) is 10.4 Å². The van der Waals surface area contributed by atoms with E-state index >= 15 is 0 Å². The molecule has 0 radical (unpaired) electrons. The van der Waals surface area contributed by atoms with Gasteiger partial charge in [-0.2, -0.15) is 0 Å². The Labute approximate surface area is 239 Å². The first-order valence-corrected chi connectivity index (χ1v) is 14.4. The molecular formula is C29H27ClN4O5S. The predicted octanol–water partition coefficient (Wildman–Crippen LogP) is 4.06. The molecule has 3 N–H and O–H groups in total. The highest BCUT2D eigenvalue weighted by Gasteiger charge is 2.28. The molecule has 0 bridgehead atoms. The third kappa shape index (κ3) is 5.15. The summed E-state index contributed by atoms with van der Waals surface area (Å²) < 4.78 is 11.3. The van der Waals surface area contributed by atoms with E-state index in [0.717, 1.165) is 72.0 Å². The van der Waals surface area contributed by atoms with Gasteiger partial charge in [0.05, 0.1) is 29.3 Å². The molecule has 206 valence electrons. The fourth-order valence-electron chi connectivity index (χ4n) is 5.18. The zero-order valence-electron chi connectivity index (χ0n) is 21.6. The molecule has 11 heteroatoms. The first-order valence-electron chi connectivity index (χ1n) is 13.0. The van der Waals surface area contributed by atoms with Gasteiger partial charge in [-0.15, -0.1) is 0 Å². The summed E-state index contributed by atoms with van der Waals surface area (Å²) in [6, 6.07) is 14.8. The number of H-pyrrole nitrogens is 1. The molecule has 3 aromatic carbocycles. The lowest BCUT2D eigenvalue weighted by Gasteiger charge is -2.26. The number of nitrogens with zero attached hydrogens (tertiary/aromatic N) is 2. The zero-order chi connectivity index (χ0) is 27.8. The Balaban J connectivity index is 1.31. The number of morpholine rings is 1. The van der Waals surface area contributed by atoms with Gasteiger partial charge < -0.3 is 25.1 Å². The molecule has 2 amide bonds. The van der Waals surface area contributed by atoms with Gasteiger partial charge in [0.15, 0.2) is 0 Å². The van der Waals surface area contributed by atoms with E-state index in [0.29, 0.717) is 46.4 Å². The van der Waals surface area contributed by atoms with Gasteiger partial charge >= 0.3 is 5.91 Å². The van der Waals surface area contributed by atoms with Crippen molar-refractivity contribution in [1.29, 1.82) is 0 Å². The average Bonchev–Trinajstić information content (AvgIpc) is 3.33. The lowest BCUT2D eigenvalue weighted by molar-refractivity contribution is -0.131. The number of nitrogens with two attached hydrogens (primary N) is 1. The van der Waals surface area contributed by atoms with Crippen LogP contribution in [0.25, 0.3) is 32.9 Å². The Kier molecular flexibility index (Phi) is 7.41. The second-order valence-electron chi connectivity index (χ2n) is 9.71. The van der Waals surface area contributed by atoms with Crippen LogP contribution < -0.4 is 15.4 Å². The maximum atomic E-state index is 12.5. The molecule has 4 aromatic rings. The van der Waals surface area contributed by atoms with E-state index in [1.807, 2.05) is 42.5 Å². The minimum absolute atomic E-state index is 0.341. The van der Waals surface area contributed by atoms with Gasteiger partial charge in [-0.1, -0.05) is 35.5 Å². The Bertz CT molecular complexity index is 1650. The summed E-state index contributed by atoms with van der Waals surface area (Å²) in [5.41, 5.74) is 9.68. The van der Waals surface area contributed by atoms with Gasteiger partial charge in [0.2, 0.25) is 0 Å². The summed E-state index contributed by atoms with van der Waals surface area (Å²) in [7, 11) is 0. The van der Waals surface area contributed by atoms with Crippen LogP contribution in [-0.2, 0) is 14.3 Å². The topological polar surface area (TPSA) is 118 Å². The lowest BCUT2D eigenvalue weighted by Crippen LogP contribution is -2.41. The van der Waals surface area contributed by atoms with Crippen molar-refractivity contribution < 1.29 is 23.9 Å². The smallest absolute Gasteiger partial charge is 0.305 e. The molecule has 2 aliphatic heterocycles. The van der Waals surface area contributed by atoms with Crippen molar-refractivity contribution in [2.24, 2.45) is 5.73 Å². The van der Waals surface area contributed by atoms with Gasteiger partial charge in [-0.25, -0.2) is 0 Å². The average molecular weight is 579 g/mol. The van der Waals surface area contributed by atoms with Crippen molar-refractivity contribution in [3.63, 3.8) is 0 Å². The Hall–Kier alpha value is -3.57. The molecule has 0 aliphatic carbocycles. The summed E-state index contributed by atoms with van der Waals surface area (Å²) in [6.45, 7) is 5.03. The van der Waals surface area contributed by atoms with E-state index in [-0.39, 0.29) is 0 Å². The number of carbonyl (C=O) groups is 3. The van der Waals surface area contributed by atoms with Crippen LogP contribution in [0.2, 0.25) is 5.02 Å². The number of nitrogens with one attached hydrogen (secondary N) is 1. The molecule has 40 heavy (non-hydrogen) atoms. The number of thioether (sulfide) groups is 1. The molecule has 2 fully saturated rings. The molecule has 0 saturated carbocycles. The monoisotopic (exact) mass is 578 g/mol. The molecule has 6 rings (SSSR count). The number of fused-ring (bicyclic) bond motifs is 3. The van der Waals surface area contributed by atoms with Crippen molar-refractivity contribution in [2.75, 3.05) is 56.7 Å². The molecule has 0 unspecified atom stereocenters. The molecule has 2 aliphatic rings. The van der Waals surface area contributed by atoms with Crippen molar-refractivity contribution in [3.05, 3.63) is 59.1 Å². The van der Waals surface area contributed by atoms with Crippen molar-refractivity contribution in [2.45, 2.75) is 0 Å². The van der Waals surface area contributed by atoms with E-state index in [4.69, 9.17) is 26.8 Å². The maximum absolute atomic E-state index is 12.5. The molecular weight excluding hydrogens is 552 g/mol. The molecule has 3 heterocycles. The third-order valence-electron chi connectivity index (χ3n) is 7.27. The van der Waals surface area contributed by atoms with Crippen LogP contribution in [-0.4, -0.2) is 78.6 Å². The largest absolute Gasteiger partial charge is 0.491 e. The number of halogens is 1. The quantitative estimate of drug-likeness (QED) is 0.318. The van der Waals surface area contributed by atoms with Gasteiger partial charge in [0.1, 0.15) is 12.4 Å². The van der Waals surface area contributed by atoms with E-state index < -0.39 is 16.9 Å². The van der Waals surface area contributed by atoms with Crippen molar-refractivity contribution in [1.82, 2.24) is 9.88 Å². The van der Waals surface area contributed by atoms with Gasteiger partial charge in [-0.3, -0.25) is 19.3 Å². The number of benzene rings is 3. The SMILES string of the molecule is NC(=O)c1cc(-c2ccc(OCCN3CCOCC3)c(Cl)c2)cc2c1[nH]c1cc(N3CCSC(=O)C3=O)ccc12. The highest BCUT2D eigenvalue weighted by Crippen LogP contribution is 2.37. The first-order chi connectivity index (χ1) is 19.4. The van der Waals surface area contributed by atoms with E-state index in [1.165, 1.54) is 4.90 Å². The van der Waals surface area contributed by atoms with Crippen LogP contribution in [0.3, 0.4) is 0 Å². The van der Waals surface area contributed by atoms with E-state index in [9.17, 15) is 14.4 Å². The fourth-order valence-corrected chi connectivity index (χ4v) is 6.11. The highest BCUT2D eigenvalue weighted by molar-refractivity contribution is 8.15. The van der Waals surface area contributed by atoms with Crippen LogP contribution in [0.4, 0.5) is 5.69 Å². The summed E-state index contributed by atoms with van der Waals surface area (Å²) in [6.07, 6.45) is 0. The number of anilines is 1. The molecule has 1 aromatic heterocycles. The summed E-state index contributed by atoms with van der Waals surface area (Å²) in [5, 5.41) is 1.69. The Morgan fingerprint density at radius 3 is 2.62 bits per heavy atom. The van der Waals surface area contributed by atoms with E-state index in [2.05, 4.69) is 9.88 Å². The number of rotatable bonds is 7. The normalized spacial score (nSPS) is 16.7. The number of primary amides is 1. The molecule has 2 saturated heterocycles. The van der Waals surface area contributed by atoms with Gasteiger partial charge in [0.25, 0.3) is 11.0 Å². The molecule has 9 nitrogen and oxygen atoms in total. The van der Waals surface area contributed by atoms with Crippen LogP contribution in [0, 0.1) is 0 Å². The standard InChI is InChI=1S/C29H27ClN4O5S/c30-23-15-17(1-4-25(23)39-11-7-33-5-9-38-10-6-33)18-13-21-20-3-2-19(34-8-12-40-29(37)28(34)36)16-24(20)32-26(21)22(14-18)27(31)35/h1-4,13-16,32H,5-12H2,(H2,31,35). The Morgan fingerprint density at radius 1 is 1.02 bits per heavy atom. The zero-order valence-corrected chi connectivity index (χ0v) is 23.1. The van der Waals surface area contributed by atoms with Crippen molar-refractivity contribution in [3.8, 4) is 16.9 Å². The predicted molar refractivity (Wildman–Crippen MR) is 157 cm³/mol. The highest BCUT2D eigenvalue weighted by atomic mass is 35.5. The lowest BCUT2D eigenvalue weighted by atomic mass is 9.98. The fraction of sp³-hybridized carbons (Fsp3) is 0.276. The van der Waals surface area contributed by atoms with Crippen LogP contribution >= 0.6 is 23.4 Å². The van der Waals surface area contributed by atoms with Gasteiger partial charge in [-0.05, 0) is 47.5 Å². The number of carbonyl (C=O) groups excluding carboxylic acids is 3. The number of ether oxygens (including phenoxy) is 2. The number of aromatic amines is 1. The second kappa shape index (κ2) is 11.1. The van der Waals surface area contributed by atoms with Crippen LogP contribution in [0.15, 0.2) is 48.5 Å². The van der Waals surface area contributed by atoms with E-state index in [1.54, 1.807) is 6.07 Å². The third-order valence-corrected chi connectivity index (χ3v) is 8.39. The number of aromatic nitrogens is 1. The Morgan fingerprint density at radius 2 is 1.85 bits per heavy atom. The van der Waals surface area contributed by atoms with Crippen LogP contribution in [0.5, 0.6) is 5.75 Å². The minimum atomic E-state index is -0.568. The maximum Gasteiger partial charge on any atom is 0.305 e. The first kappa shape index (κ1) is 26.6. The van der Waals surface area contributed by atoms with Crippen molar-refractivity contribution >= 4 is 67.8 Å².